The summed E-state index contributed by atoms with van der Waals surface area (Å²) in [7, 11) is 0. The molecule has 4 rings (SSSR count). The Hall–Kier alpha value is -3.38. The van der Waals surface area contributed by atoms with Gasteiger partial charge in [-0.1, -0.05) is 81.0 Å². The zero-order valence-corrected chi connectivity index (χ0v) is 20.7. The van der Waals surface area contributed by atoms with Crippen LogP contribution in [0.1, 0.15) is 44.7 Å². The first-order valence-corrected chi connectivity index (χ1v) is 12.4. The summed E-state index contributed by atoms with van der Waals surface area (Å²) in [5, 5.41) is 3.38. The van der Waals surface area contributed by atoms with E-state index in [9.17, 15) is 4.79 Å². The van der Waals surface area contributed by atoms with Gasteiger partial charge in [0.25, 0.3) is 5.91 Å². The zero-order chi connectivity index (χ0) is 24.0. The maximum atomic E-state index is 12.4. The van der Waals surface area contributed by atoms with Gasteiger partial charge in [0.05, 0.1) is 16.8 Å². The minimum Gasteiger partial charge on any atom is -0.494 e. The van der Waals surface area contributed by atoms with Crippen molar-refractivity contribution >= 4 is 32.6 Å². The second-order valence-corrected chi connectivity index (χ2v) is 9.73. The fraction of sp³-hybridized carbons (Fsp3) is 0.286. The maximum absolute atomic E-state index is 12.4. The van der Waals surface area contributed by atoms with Crippen LogP contribution in [0.2, 0.25) is 0 Å². The van der Waals surface area contributed by atoms with Gasteiger partial charge >= 0.3 is 0 Å². The number of unbranched alkanes of at least 4 members (excludes halogenated alkanes) is 1. The zero-order valence-electron chi connectivity index (χ0n) is 19.8. The molecule has 0 aliphatic heterocycles. The summed E-state index contributed by atoms with van der Waals surface area (Å²) in [5.41, 5.74) is 3.15. The van der Waals surface area contributed by atoms with Crippen LogP contribution in [0.3, 0.4) is 0 Å². The van der Waals surface area contributed by atoms with Crippen molar-refractivity contribution in [3.8, 4) is 11.5 Å². The fourth-order valence-electron chi connectivity index (χ4n) is 3.68. The summed E-state index contributed by atoms with van der Waals surface area (Å²) >= 11 is 1.42. The van der Waals surface area contributed by atoms with E-state index >= 15 is 0 Å². The van der Waals surface area contributed by atoms with Crippen LogP contribution in [-0.2, 0) is 10.2 Å². The van der Waals surface area contributed by atoms with E-state index in [-0.39, 0.29) is 17.9 Å². The Kier molecular flexibility index (Phi) is 7.48. The first kappa shape index (κ1) is 23.8. The van der Waals surface area contributed by atoms with Crippen LogP contribution in [0.25, 0.3) is 10.2 Å². The van der Waals surface area contributed by atoms with E-state index in [4.69, 9.17) is 9.47 Å². The van der Waals surface area contributed by atoms with E-state index in [2.05, 4.69) is 55.3 Å². The Balaban J connectivity index is 1.32. The van der Waals surface area contributed by atoms with Gasteiger partial charge in [-0.25, -0.2) is 4.98 Å². The van der Waals surface area contributed by atoms with Crippen molar-refractivity contribution < 1.29 is 14.3 Å². The molecule has 0 bridgehead atoms. The molecule has 1 heterocycles. The predicted molar refractivity (Wildman–Crippen MR) is 139 cm³/mol. The first-order chi connectivity index (χ1) is 16.5. The second kappa shape index (κ2) is 10.7. The second-order valence-electron chi connectivity index (χ2n) is 8.70. The van der Waals surface area contributed by atoms with Crippen molar-refractivity contribution in [3.05, 3.63) is 83.9 Å². The Morgan fingerprint density at radius 2 is 1.65 bits per heavy atom. The summed E-state index contributed by atoms with van der Waals surface area (Å²) < 4.78 is 12.4. The van der Waals surface area contributed by atoms with Crippen LogP contribution in [0.4, 0.5) is 5.13 Å². The number of thiazole rings is 1. The van der Waals surface area contributed by atoms with E-state index < -0.39 is 0 Å². The highest BCUT2D eigenvalue weighted by Crippen LogP contribution is 2.32. The molecule has 34 heavy (non-hydrogen) atoms. The highest BCUT2D eigenvalue weighted by Gasteiger charge is 2.22. The topological polar surface area (TPSA) is 60.5 Å². The lowest BCUT2D eigenvalue weighted by Crippen LogP contribution is -2.20. The van der Waals surface area contributed by atoms with Crippen molar-refractivity contribution in [3.63, 3.8) is 0 Å². The van der Waals surface area contributed by atoms with Gasteiger partial charge in [-0.2, -0.15) is 0 Å². The Bertz CT molecular complexity index is 1230. The van der Waals surface area contributed by atoms with Gasteiger partial charge in [-0.3, -0.25) is 10.1 Å². The third-order valence-electron chi connectivity index (χ3n) is 5.81. The van der Waals surface area contributed by atoms with Crippen molar-refractivity contribution in [1.29, 1.82) is 0 Å². The highest BCUT2D eigenvalue weighted by molar-refractivity contribution is 7.22. The summed E-state index contributed by atoms with van der Waals surface area (Å²) in [6.07, 6.45) is 2.12. The highest BCUT2D eigenvalue weighted by atomic mass is 32.1. The Labute approximate surface area is 204 Å². The van der Waals surface area contributed by atoms with Gasteiger partial charge in [0.2, 0.25) is 0 Å². The number of amides is 1. The average molecular weight is 475 g/mol. The molecule has 0 radical (unpaired) electrons. The van der Waals surface area contributed by atoms with Gasteiger partial charge < -0.3 is 9.47 Å². The number of aromatic nitrogens is 1. The third-order valence-corrected chi connectivity index (χ3v) is 6.75. The van der Waals surface area contributed by atoms with Gasteiger partial charge in [0.15, 0.2) is 11.7 Å². The fourth-order valence-corrected chi connectivity index (χ4v) is 4.59. The van der Waals surface area contributed by atoms with E-state index in [0.29, 0.717) is 17.5 Å². The number of ether oxygens (including phenoxy) is 2. The van der Waals surface area contributed by atoms with E-state index in [1.54, 1.807) is 0 Å². The first-order valence-electron chi connectivity index (χ1n) is 11.6. The molecule has 5 nitrogen and oxygen atoms in total. The normalized spacial score (nSPS) is 11.4. The smallest absolute Gasteiger partial charge is 0.264 e. The lowest BCUT2D eigenvalue weighted by Gasteiger charge is -2.26. The molecule has 1 aromatic heterocycles. The van der Waals surface area contributed by atoms with Crippen molar-refractivity contribution in [2.45, 2.75) is 39.0 Å². The molecule has 0 fully saturated rings. The van der Waals surface area contributed by atoms with Crippen LogP contribution in [0.15, 0.2) is 72.8 Å². The molecular formula is C28H30N2O3S. The van der Waals surface area contributed by atoms with Crippen LogP contribution >= 0.6 is 11.3 Å². The molecule has 0 saturated carbocycles. The molecule has 0 aliphatic rings. The largest absolute Gasteiger partial charge is 0.494 e. The van der Waals surface area contributed by atoms with E-state index in [0.717, 1.165) is 28.8 Å². The summed E-state index contributed by atoms with van der Waals surface area (Å²) in [4.78, 5) is 16.9. The minimum absolute atomic E-state index is 0.0806. The standard InChI is InChI=1S/C28H30N2O3S/c1-4-5-17-32-23-15-16-24-25(18-23)34-27(29-24)30-26(31)19-33-22-13-11-21(12-14-22)28(2,3)20-9-7-6-8-10-20/h6-16,18H,4-5,17,19H2,1-3H3,(H,29,30,31). The lowest BCUT2D eigenvalue weighted by atomic mass is 9.78. The number of nitrogens with one attached hydrogen (secondary N) is 1. The molecule has 0 unspecified atom stereocenters. The Morgan fingerprint density at radius 1 is 0.941 bits per heavy atom. The maximum Gasteiger partial charge on any atom is 0.264 e. The van der Waals surface area contributed by atoms with Crippen LogP contribution in [-0.4, -0.2) is 24.1 Å². The number of benzene rings is 3. The SMILES string of the molecule is CCCCOc1ccc2nc(NC(=O)COc3ccc(C(C)(C)c4ccccc4)cc3)sc2c1. The number of carbonyl (C=O) groups excluding carboxylic acids is 1. The molecule has 1 N–H and O–H groups in total. The molecular weight excluding hydrogens is 444 g/mol. The van der Waals surface area contributed by atoms with Gasteiger partial charge in [0.1, 0.15) is 11.5 Å². The molecule has 0 aliphatic carbocycles. The molecule has 0 atom stereocenters. The summed E-state index contributed by atoms with van der Waals surface area (Å²) in [5.74, 6) is 1.23. The average Bonchev–Trinajstić information content (AvgIpc) is 3.25. The van der Waals surface area contributed by atoms with E-state index in [1.807, 2.05) is 48.5 Å². The molecule has 176 valence electrons. The monoisotopic (exact) mass is 474 g/mol. The number of fused-ring (bicyclic) bond motifs is 1. The number of hydrogen-bond donors (Lipinski definition) is 1. The quantitative estimate of drug-likeness (QED) is 0.256. The van der Waals surface area contributed by atoms with Gasteiger partial charge in [-0.15, -0.1) is 0 Å². The number of rotatable bonds is 10. The predicted octanol–water partition coefficient (Wildman–Crippen LogP) is 6.82. The van der Waals surface area contributed by atoms with Crippen LogP contribution in [0, 0.1) is 0 Å². The minimum atomic E-state index is -0.243. The molecule has 4 aromatic rings. The molecule has 1 amide bonds. The summed E-state index contributed by atoms with van der Waals surface area (Å²) in [6, 6.07) is 24.1. The van der Waals surface area contributed by atoms with Crippen molar-refractivity contribution in [2.24, 2.45) is 0 Å². The van der Waals surface area contributed by atoms with Crippen molar-refractivity contribution in [1.82, 2.24) is 4.98 Å². The molecule has 6 heteroatoms. The molecule has 0 spiro atoms. The van der Waals surface area contributed by atoms with Gasteiger partial charge in [-0.05, 0) is 47.9 Å². The van der Waals surface area contributed by atoms with Crippen LogP contribution in [0.5, 0.6) is 11.5 Å². The third kappa shape index (κ3) is 5.75. The van der Waals surface area contributed by atoms with Gasteiger partial charge in [0, 0.05) is 5.41 Å². The van der Waals surface area contributed by atoms with Crippen molar-refractivity contribution in [2.75, 3.05) is 18.5 Å². The number of nitrogens with zero attached hydrogens (tertiary/aromatic N) is 1. The molecule has 3 aromatic carbocycles. The molecule has 0 saturated heterocycles. The lowest BCUT2D eigenvalue weighted by molar-refractivity contribution is -0.118. The summed E-state index contributed by atoms with van der Waals surface area (Å²) in [6.45, 7) is 7.15. The van der Waals surface area contributed by atoms with Crippen LogP contribution < -0.4 is 14.8 Å². The van der Waals surface area contributed by atoms with E-state index in [1.165, 1.54) is 22.5 Å². The number of hydrogen-bond acceptors (Lipinski definition) is 5. The number of anilines is 1. The Morgan fingerprint density at radius 3 is 2.38 bits per heavy atom. The number of carbonyl (C=O) groups is 1.